The maximum absolute atomic E-state index is 7.12. The van der Waals surface area contributed by atoms with E-state index in [0.29, 0.717) is 0 Å². The van der Waals surface area contributed by atoms with E-state index in [1.807, 2.05) is 0 Å². The van der Waals surface area contributed by atoms with E-state index in [1.54, 1.807) is 0 Å². The van der Waals surface area contributed by atoms with Gasteiger partial charge in [0.25, 0.3) is 0 Å². The first-order chi connectivity index (χ1) is 1.41. The second-order valence-corrected chi connectivity index (χ2v) is 0.141. The topological polar surface area (TPSA) is 40.5 Å². The Balaban J connectivity index is -0.0000000200. The summed E-state index contributed by atoms with van der Waals surface area (Å²) < 4.78 is 0. The Morgan fingerprint density at radius 3 is 1.00 bits per heavy atom. The molecule has 0 bridgehead atoms. The molecule has 0 unspecified atom stereocenters. The molecule has 0 fully saturated rings. The number of hydrogen-bond donors (Lipinski definition) is 2. The number of aliphatic hydroxyl groups excluding tert-OH is 1. The molecule has 0 saturated carbocycles. The molecule has 0 aromatic carbocycles. The zero-order valence-corrected chi connectivity index (χ0v) is 5.55. The van der Waals surface area contributed by atoms with Crippen molar-refractivity contribution in [2.75, 3.05) is 6.79 Å². The number of rotatable bonds is 0. The summed E-state index contributed by atoms with van der Waals surface area (Å²) >= 11 is 0. The molecule has 0 atom stereocenters. The number of aliphatic hydroxyl groups is 2. The molecule has 0 heterocycles. The van der Waals surface area contributed by atoms with Crippen molar-refractivity contribution in [2.24, 2.45) is 0 Å². The summed E-state index contributed by atoms with van der Waals surface area (Å²) in [5, 5.41) is 14.2. The van der Waals surface area contributed by atoms with E-state index in [0.717, 1.165) is 0 Å². The van der Waals surface area contributed by atoms with E-state index in [1.165, 1.54) is 0 Å². The summed E-state index contributed by atoms with van der Waals surface area (Å²) in [6.07, 6.45) is 0. The van der Waals surface area contributed by atoms with Crippen LogP contribution in [0.1, 0.15) is 0 Å². The van der Waals surface area contributed by atoms with Crippen LogP contribution in [-0.2, 0) is 39.0 Å². The van der Waals surface area contributed by atoms with Gasteiger partial charge in [-0.2, -0.15) is 0 Å². The molecule has 0 aliphatic carbocycles. The fourth-order valence-electron chi connectivity index (χ4n) is 0. The van der Waals surface area contributed by atoms with Gasteiger partial charge in [0.1, 0.15) is 6.79 Å². The van der Waals surface area contributed by atoms with Gasteiger partial charge in [-0.1, -0.05) is 0 Å². The van der Waals surface area contributed by atoms with Crippen LogP contribution in [0.5, 0.6) is 0 Å². The van der Waals surface area contributed by atoms with Crippen LogP contribution in [-0.4, -0.2) is 17.0 Å². The first-order valence-electron chi connectivity index (χ1n) is 0.632. The second-order valence-electron chi connectivity index (χ2n) is 0.141. The summed E-state index contributed by atoms with van der Waals surface area (Å²) in [5.74, 6) is 0. The predicted molar refractivity (Wildman–Crippen MR) is 9.30 cm³/mol. The monoisotopic (exact) mass is 254 g/mol. The molecule has 0 amide bonds. The van der Waals surface area contributed by atoms with Gasteiger partial charge in [-0.25, -0.2) is 0 Å². The minimum absolute atomic E-state index is 0. The Morgan fingerprint density at radius 2 is 1.00 bits per heavy atom. The third-order valence-corrected chi connectivity index (χ3v) is 0. The van der Waals surface area contributed by atoms with Crippen molar-refractivity contribution in [3.63, 3.8) is 0 Å². The molecule has 2 radical (unpaired) electrons. The fourth-order valence-corrected chi connectivity index (χ4v) is 0. The van der Waals surface area contributed by atoms with Crippen LogP contribution in [0.15, 0.2) is 0 Å². The zero-order valence-electron chi connectivity index (χ0n) is 2.27. The van der Waals surface area contributed by atoms with Crippen molar-refractivity contribution in [1.82, 2.24) is 0 Å². The molecule has 0 saturated heterocycles. The van der Waals surface area contributed by atoms with Gasteiger partial charge < -0.3 is 10.2 Å². The Hall–Kier alpha value is 1.17. The van der Waals surface area contributed by atoms with Gasteiger partial charge in [-0.05, 0) is 0 Å². The Labute approximate surface area is 56.1 Å². The van der Waals surface area contributed by atoms with Crippen LogP contribution >= 0.6 is 0 Å². The van der Waals surface area contributed by atoms with Gasteiger partial charge in [0.2, 0.25) is 0 Å². The summed E-state index contributed by atoms with van der Waals surface area (Å²) in [4.78, 5) is 0. The van der Waals surface area contributed by atoms with Gasteiger partial charge in [-0.3, -0.25) is 0 Å². The van der Waals surface area contributed by atoms with Crippen LogP contribution in [0.25, 0.3) is 0 Å². The molecule has 4 heteroatoms. The molecular formula is CH4O2Rh2. The van der Waals surface area contributed by atoms with Crippen molar-refractivity contribution >= 4 is 0 Å². The number of hydrogen-bond acceptors (Lipinski definition) is 2. The molecule has 0 aromatic rings. The molecule has 0 rings (SSSR count). The fraction of sp³-hybridized carbons (Fsp3) is 1.00. The van der Waals surface area contributed by atoms with E-state index < -0.39 is 6.79 Å². The van der Waals surface area contributed by atoms with Crippen molar-refractivity contribution in [2.45, 2.75) is 0 Å². The van der Waals surface area contributed by atoms with Crippen LogP contribution in [0.3, 0.4) is 0 Å². The van der Waals surface area contributed by atoms with Gasteiger partial charge in [0.15, 0.2) is 0 Å². The SMILES string of the molecule is OCO.[Rh].[Rh]. The summed E-state index contributed by atoms with van der Waals surface area (Å²) in [6.45, 7) is -0.750. The maximum atomic E-state index is 7.12. The van der Waals surface area contributed by atoms with Crippen molar-refractivity contribution < 1.29 is 49.2 Å². The van der Waals surface area contributed by atoms with E-state index in [4.69, 9.17) is 10.2 Å². The summed E-state index contributed by atoms with van der Waals surface area (Å²) in [7, 11) is 0. The van der Waals surface area contributed by atoms with Gasteiger partial charge in [0.05, 0.1) is 0 Å². The molecule has 2 N–H and O–H groups in total. The van der Waals surface area contributed by atoms with E-state index in [-0.39, 0.29) is 39.0 Å². The van der Waals surface area contributed by atoms with Crippen LogP contribution in [0, 0.1) is 0 Å². The molecule has 38 valence electrons. The smallest absolute Gasteiger partial charge is 0.140 e. The third kappa shape index (κ3) is 38.1. The molecule has 0 aliphatic rings. The largest absolute Gasteiger partial charge is 0.371 e. The molecule has 0 spiro atoms. The average Bonchev–Trinajstić information content (AvgIpc) is 0.918. The minimum atomic E-state index is -0.750. The average molecular weight is 254 g/mol. The van der Waals surface area contributed by atoms with Crippen LogP contribution in [0.2, 0.25) is 0 Å². The maximum Gasteiger partial charge on any atom is 0.140 e. The van der Waals surface area contributed by atoms with Gasteiger partial charge in [0, 0.05) is 39.0 Å². The van der Waals surface area contributed by atoms with E-state index in [9.17, 15) is 0 Å². The normalized spacial score (nSPS) is 3.60. The van der Waals surface area contributed by atoms with Crippen LogP contribution < -0.4 is 0 Å². The van der Waals surface area contributed by atoms with E-state index in [2.05, 4.69) is 0 Å². The van der Waals surface area contributed by atoms with E-state index >= 15 is 0 Å². The van der Waals surface area contributed by atoms with Crippen molar-refractivity contribution in [3.8, 4) is 0 Å². The Kier molecular flexibility index (Phi) is 62.7. The minimum Gasteiger partial charge on any atom is -0.371 e. The predicted octanol–water partition coefficient (Wildman–Crippen LogP) is -1.08. The Morgan fingerprint density at radius 1 is 1.00 bits per heavy atom. The standard InChI is InChI=1S/CH4O2.2Rh/c2-1-3;;/h2-3H,1H2;;. The molecule has 2 nitrogen and oxygen atoms in total. The van der Waals surface area contributed by atoms with Crippen molar-refractivity contribution in [3.05, 3.63) is 0 Å². The first kappa shape index (κ1) is 16.4. The summed E-state index contributed by atoms with van der Waals surface area (Å²) in [5.41, 5.74) is 0. The third-order valence-electron chi connectivity index (χ3n) is 0. The quantitative estimate of drug-likeness (QED) is 0.426. The molecule has 0 aliphatic heterocycles. The summed E-state index contributed by atoms with van der Waals surface area (Å²) in [6, 6.07) is 0. The molecule has 0 aromatic heterocycles. The first-order valence-corrected chi connectivity index (χ1v) is 0.632. The zero-order chi connectivity index (χ0) is 2.71. The van der Waals surface area contributed by atoms with Crippen LogP contribution in [0.4, 0.5) is 0 Å². The molecular weight excluding hydrogens is 250 g/mol. The van der Waals surface area contributed by atoms with Crippen molar-refractivity contribution in [1.29, 1.82) is 0 Å². The molecule has 5 heavy (non-hydrogen) atoms. The van der Waals surface area contributed by atoms with Gasteiger partial charge >= 0.3 is 0 Å². The van der Waals surface area contributed by atoms with Gasteiger partial charge in [-0.15, -0.1) is 0 Å². The Bertz CT molecular complexity index is 7.61. The second kappa shape index (κ2) is 19.1.